The van der Waals surface area contributed by atoms with Crippen LogP contribution in [0.2, 0.25) is 0 Å². The summed E-state index contributed by atoms with van der Waals surface area (Å²) in [6, 6.07) is 4.46. The number of ether oxygens (including phenoxy) is 1. The van der Waals surface area contributed by atoms with E-state index in [2.05, 4.69) is 0 Å². The molecule has 3 nitrogen and oxygen atoms in total. The van der Waals surface area contributed by atoms with E-state index in [0.29, 0.717) is 13.2 Å². The second kappa shape index (κ2) is 4.59. The third kappa shape index (κ3) is 2.27. The van der Waals surface area contributed by atoms with Crippen molar-refractivity contribution in [2.75, 3.05) is 31.2 Å². The number of anilines is 1. The lowest BCUT2D eigenvalue weighted by atomic mass is 10.1. The van der Waals surface area contributed by atoms with Gasteiger partial charge in [-0.2, -0.15) is 0 Å². The number of hydrogen-bond acceptors (Lipinski definition) is 3. The molecular formula is C11H14FNO2. The van der Waals surface area contributed by atoms with Gasteiger partial charge < -0.3 is 14.7 Å². The van der Waals surface area contributed by atoms with Gasteiger partial charge in [0.05, 0.1) is 19.8 Å². The second-order valence-corrected chi connectivity index (χ2v) is 3.53. The highest BCUT2D eigenvalue weighted by molar-refractivity contribution is 5.54. The van der Waals surface area contributed by atoms with Gasteiger partial charge in [0, 0.05) is 24.3 Å². The van der Waals surface area contributed by atoms with Gasteiger partial charge in [0.25, 0.3) is 0 Å². The fourth-order valence-electron chi connectivity index (χ4n) is 1.77. The molecule has 1 N–H and O–H groups in total. The Morgan fingerprint density at radius 1 is 1.33 bits per heavy atom. The van der Waals surface area contributed by atoms with Crippen LogP contribution in [0.25, 0.3) is 0 Å². The number of nitrogens with zero attached hydrogens (tertiary/aromatic N) is 1. The summed E-state index contributed by atoms with van der Waals surface area (Å²) < 4.78 is 18.3. The topological polar surface area (TPSA) is 32.7 Å². The molecule has 0 aromatic heterocycles. The van der Waals surface area contributed by atoms with Crippen LogP contribution in [0.5, 0.6) is 0 Å². The first kappa shape index (κ1) is 10.4. The number of halogens is 1. The van der Waals surface area contributed by atoms with Crippen molar-refractivity contribution in [3.05, 3.63) is 29.6 Å². The van der Waals surface area contributed by atoms with Crippen LogP contribution in [0.1, 0.15) is 5.56 Å². The molecule has 1 saturated heterocycles. The van der Waals surface area contributed by atoms with Crippen LogP contribution in [0.15, 0.2) is 18.2 Å². The summed E-state index contributed by atoms with van der Waals surface area (Å²) >= 11 is 0. The molecule has 0 unspecified atom stereocenters. The summed E-state index contributed by atoms with van der Waals surface area (Å²) in [5.41, 5.74) is 1.54. The smallest absolute Gasteiger partial charge is 0.125 e. The highest BCUT2D eigenvalue weighted by atomic mass is 19.1. The zero-order valence-corrected chi connectivity index (χ0v) is 8.45. The van der Waals surface area contributed by atoms with Crippen molar-refractivity contribution in [3.63, 3.8) is 0 Å². The molecule has 4 heteroatoms. The Labute approximate surface area is 88.1 Å². The van der Waals surface area contributed by atoms with Crippen LogP contribution in [-0.2, 0) is 11.3 Å². The van der Waals surface area contributed by atoms with E-state index in [-0.39, 0.29) is 12.4 Å². The summed E-state index contributed by atoms with van der Waals surface area (Å²) in [7, 11) is 0. The van der Waals surface area contributed by atoms with Crippen molar-refractivity contribution < 1.29 is 14.2 Å². The van der Waals surface area contributed by atoms with Crippen LogP contribution >= 0.6 is 0 Å². The Morgan fingerprint density at radius 3 is 2.73 bits per heavy atom. The van der Waals surface area contributed by atoms with E-state index >= 15 is 0 Å². The zero-order chi connectivity index (χ0) is 10.7. The summed E-state index contributed by atoms with van der Waals surface area (Å²) in [6.07, 6.45) is 0. The van der Waals surface area contributed by atoms with Crippen molar-refractivity contribution in [1.82, 2.24) is 0 Å². The standard InChI is InChI=1S/C11H14FNO2/c12-10-2-1-9(8-14)11(7-10)13-3-5-15-6-4-13/h1-2,7,14H,3-6,8H2. The maximum Gasteiger partial charge on any atom is 0.125 e. The minimum atomic E-state index is -0.270. The van der Waals surface area contributed by atoms with Crippen LogP contribution in [0.4, 0.5) is 10.1 Å². The molecule has 0 bridgehead atoms. The minimum absolute atomic E-state index is 0.0625. The lowest BCUT2D eigenvalue weighted by molar-refractivity contribution is 0.122. The average molecular weight is 211 g/mol. The number of rotatable bonds is 2. The number of morpholine rings is 1. The second-order valence-electron chi connectivity index (χ2n) is 3.53. The first-order valence-electron chi connectivity index (χ1n) is 5.03. The molecule has 1 aromatic rings. The van der Waals surface area contributed by atoms with Gasteiger partial charge in [-0.25, -0.2) is 4.39 Å². The molecule has 0 saturated carbocycles. The molecule has 1 aliphatic heterocycles. The summed E-state index contributed by atoms with van der Waals surface area (Å²) in [4.78, 5) is 2.04. The molecular weight excluding hydrogens is 197 g/mol. The predicted molar refractivity (Wildman–Crippen MR) is 55.4 cm³/mol. The van der Waals surface area contributed by atoms with E-state index in [1.54, 1.807) is 6.07 Å². The van der Waals surface area contributed by atoms with Gasteiger partial charge in [-0.3, -0.25) is 0 Å². The Bertz CT molecular complexity index is 337. The first-order chi connectivity index (χ1) is 7.31. The van der Waals surface area contributed by atoms with Gasteiger partial charge in [-0.15, -0.1) is 0 Å². The molecule has 0 amide bonds. The fraction of sp³-hybridized carbons (Fsp3) is 0.455. The normalized spacial score (nSPS) is 16.8. The molecule has 1 aromatic carbocycles. The molecule has 0 aliphatic carbocycles. The Kier molecular flexibility index (Phi) is 3.18. The molecule has 1 heterocycles. The first-order valence-corrected chi connectivity index (χ1v) is 5.03. The third-order valence-corrected chi connectivity index (χ3v) is 2.57. The minimum Gasteiger partial charge on any atom is -0.392 e. The maximum absolute atomic E-state index is 13.1. The summed E-state index contributed by atoms with van der Waals surface area (Å²) in [5.74, 6) is -0.270. The highest BCUT2D eigenvalue weighted by Crippen LogP contribution is 2.22. The highest BCUT2D eigenvalue weighted by Gasteiger charge is 2.14. The van der Waals surface area contributed by atoms with Gasteiger partial charge in [0.15, 0.2) is 0 Å². The van der Waals surface area contributed by atoms with E-state index in [4.69, 9.17) is 9.84 Å². The predicted octanol–water partition coefficient (Wildman–Crippen LogP) is 1.15. The van der Waals surface area contributed by atoms with Crippen molar-refractivity contribution in [3.8, 4) is 0 Å². The fourth-order valence-corrected chi connectivity index (χ4v) is 1.77. The van der Waals surface area contributed by atoms with Crippen LogP contribution in [0, 0.1) is 5.82 Å². The Morgan fingerprint density at radius 2 is 2.07 bits per heavy atom. The van der Waals surface area contributed by atoms with E-state index in [0.717, 1.165) is 24.3 Å². The Hall–Kier alpha value is -1.13. The van der Waals surface area contributed by atoms with Crippen molar-refractivity contribution >= 4 is 5.69 Å². The quantitative estimate of drug-likeness (QED) is 0.796. The van der Waals surface area contributed by atoms with E-state index in [1.165, 1.54) is 12.1 Å². The number of aliphatic hydroxyl groups excluding tert-OH is 1. The van der Waals surface area contributed by atoms with Gasteiger partial charge >= 0.3 is 0 Å². The summed E-state index contributed by atoms with van der Waals surface area (Å²) in [5, 5.41) is 9.16. The third-order valence-electron chi connectivity index (χ3n) is 2.57. The lowest BCUT2D eigenvalue weighted by Gasteiger charge is -2.30. The van der Waals surface area contributed by atoms with Crippen molar-refractivity contribution in [2.24, 2.45) is 0 Å². The van der Waals surface area contributed by atoms with E-state index in [1.807, 2.05) is 4.90 Å². The SMILES string of the molecule is OCc1ccc(F)cc1N1CCOCC1. The van der Waals surface area contributed by atoms with E-state index < -0.39 is 0 Å². The van der Waals surface area contributed by atoms with Gasteiger partial charge in [-0.05, 0) is 12.1 Å². The Balaban J connectivity index is 2.27. The molecule has 0 spiro atoms. The number of aliphatic hydroxyl groups is 1. The summed E-state index contributed by atoms with van der Waals surface area (Å²) in [6.45, 7) is 2.74. The average Bonchev–Trinajstić information content (AvgIpc) is 2.30. The number of hydrogen-bond donors (Lipinski definition) is 1. The van der Waals surface area contributed by atoms with Crippen LogP contribution < -0.4 is 4.90 Å². The molecule has 82 valence electrons. The van der Waals surface area contributed by atoms with Crippen LogP contribution in [0.3, 0.4) is 0 Å². The van der Waals surface area contributed by atoms with E-state index in [9.17, 15) is 4.39 Å². The maximum atomic E-state index is 13.1. The monoisotopic (exact) mass is 211 g/mol. The zero-order valence-electron chi connectivity index (χ0n) is 8.45. The van der Waals surface area contributed by atoms with Crippen molar-refractivity contribution in [1.29, 1.82) is 0 Å². The largest absolute Gasteiger partial charge is 0.392 e. The molecule has 2 rings (SSSR count). The van der Waals surface area contributed by atoms with Gasteiger partial charge in [0.1, 0.15) is 5.82 Å². The molecule has 15 heavy (non-hydrogen) atoms. The molecule has 1 fully saturated rings. The van der Waals surface area contributed by atoms with Crippen molar-refractivity contribution in [2.45, 2.75) is 6.61 Å². The van der Waals surface area contributed by atoms with Crippen LogP contribution in [-0.4, -0.2) is 31.4 Å². The molecule has 0 atom stereocenters. The van der Waals surface area contributed by atoms with Gasteiger partial charge in [-0.1, -0.05) is 6.07 Å². The lowest BCUT2D eigenvalue weighted by Crippen LogP contribution is -2.36. The molecule has 0 radical (unpaired) electrons. The van der Waals surface area contributed by atoms with Gasteiger partial charge in [0.2, 0.25) is 0 Å². The number of benzene rings is 1. The molecule has 1 aliphatic rings.